The third kappa shape index (κ3) is 4.16. The zero-order valence-electron chi connectivity index (χ0n) is 13.1. The molecule has 0 aromatic heterocycles. The molecule has 0 saturated carbocycles. The lowest BCUT2D eigenvalue weighted by Crippen LogP contribution is -2.24. The average molecular weight is 335 g/mol. The lowest BCUT2D eigenvalue weighted by atomic mass is 10.1. The van der Waals surface area contributed by atoms with Crippen LogP contribution in [0.25, 0.3) is 6.08 Å². The van der Waals surface area contributed by atoms with Crippen LogP contribution in [0.1, 0.15) is 24.1 Å². The van der Waals surface area contributed by atoms with Gasteiger partial charge in [-0.2, -0.15) is 0 Å². The molecule has 0 aliphatic carbocycles. The lowest BCUT2D eigenvalue weighted by Gasteiger charge is -2.14. The number of amides is 1. The van der Waals surface area contributed by atoms with Gasteiger partial charge >= 0.3 is 0 Å². The molecule has 0 fully saturated rings. The van der Waals surface area contributed by atoms with E-state index in [-0.39, 0.29) is 11.3 Å². The van der Waals surface area contributed by atoms with Gasteiger partial charge in [0.15, 0.2) is 11.6 Å². The molecule has 126 valence electrons. The van der Waals surface area contributed by atoms with Crippen LogP contribution in [0.2, 0.25) is 0 Å². The maximum Gasteiger partial charge on any atom is 0.244 e. The Morgan fingerprint density at radius 3 is 2.38 bits per heavy atom. The Labute approximate surface area is 137 Å². The van der Waals surface area contributed by atoms with E-state index < -0.39 is 29.4 Å². The Bertz CT molecular complexity index is 755. The molecule has 2 aromatic carbocycles. The van der Waals surface area contributed by atoms with Gasteiger partial charge < -0.3 is 10.1 Å². The highest BCUT2D eigenvalue weighted by Crippen LogP contribution is 2.21. The molecule has 24 heavy (non-hydrogen) atoms. The molecular weight excluding hydrogens is 319 g/mol. The van der Waals surface area contributed by atoms with Crippen molar-refractivity contribution in [3.05, 3.63) is 71.1 Å². The third-order valence-corrected chi connectivity index (χ3v) is 3.44. The van der Waals surface area contributed by atoms with Gasteiger partial charge in [-0.3, -0.25) is 4.79 Å². The summed E-state index contributed by atoms with van der Waals surface area (Å²) in [6.07, 6.45) is 2.08. The van der Waals surface area contributed by atoms with Crippen molar-refractivity contribution in [3.63, 3.8) is 0 Å². The van der Waals surface area contributed by atoms with Crippen molar-refractivity contribution in [2.75, 3.05) is 7.11 Å². The minimum absolute atomic E-state index is 0.104. The molecule has 0 spiro atoms. The fraction of sp³-hybridized carbons (Fsp3) is 0.167. The second-order valence-corrected chi connectivity index (χ2v) is 5.09. The van der Waals surface area contributed by atoms with Crippen LogP contribution in [0, 0.1) is 17.5 Å². The minimum Gasteiger partial charge on any atom is -0.494 e. The monoisotopic (exact) mass is 335 g/mol. The van der Waals surface area contributed by atoms with Crippen molar-refractivity contribution >= 4 is 12.0 Å². The minimum atomic E-state index is -0.760. The predicted molar refractivity (Wildman–Crippen MR) is 84.9 cm³/mol. The Balaban J connectivity index is 2.06. The molecule has 1 unspecified atom stereocenters. The van der Waals surface area contributed by atoms with Crippen LogP contribution in [0.5, 0.6) is 5.75 Å². The quantitative estimate of drug-likeness (QED) is 0.839. The van der Waals surface area contributed by atoms with Crippen molar-refractivity contribution in [1.29, 1.82) is 0 Å². The zero-order chi connectivity index (χ0) is 17.7. The van der Waals surface area contributed by atoms with Gasteiger partial charge in [-0.25, -0.2) is 13.2 Å². The number of nitrogens with one attached hydrogen (secondary N) is 1. The first kappa shape index (κ1) is 17.6. The molecule has 0 heterocycles. The van der Waals surface area contributed by atoms with Crippen LogP contribution in [-0.4, -0.2) is 13.0 Å². The highest BCUT2D eigenvalue weighted by Gasteiger charge is 2.11. The first-order valence-corrected chi connectivity index (χ1v) is 7.18. The fourth-order valence-electron chi connectivity index (χ4n) is 2.13. The maximum atomic E-state index is 13.7. The summed E-state index contributed by atoms with van der Waals surface area (Å²) in [4.78, 5) is 11.9. The van der Waals surface area contributed by atoms with E-state index in [0.717, 1.165) is 24.3 Å². The highest BCUT2D eigenvalue weighted by molar-refractivity contribution is 5.92. The maximum absolute atomic E-state index is 13.7. The number of ether oxygens (including phenoxy) is 1. The number of carbonyl (C=O) groups is 1. The molecule has 0 aliphatic heterocycles. The van der Waals surface area contributed by atoms with E-state index in [0.29, 0.717) is 5.56 Å². The first-order chi connectivity index (χ1) is 11.4. The lowest BCUT2D eigenvalue weighted by molar-refractivity contribution is -0.117. The normalized spacial score (nSPS) is 12.2. The second kappa shape index (κ2) is 7.68. The molecule has 0 saturated heterocycles. The van der Waals surface area contributed by atoms with Crippen molar-refractivity contribution < 1.29 is 22.7 Å². The van der Waals surface area contributed by atoms with E-state index in [2.05, 4.69) is 5.32 Å². The standard InChI is InChI=1S/C18H16F3NO2/c1-11(12-6-8-17(24-2)16(21)10-12)22-18(23)9-7-13-14(19)4-3-5-15(13)20/h3-11H,1-2H3,(H,22,23)/b9-7+. The van der Waals surface area contributed by atoms with E-state index >= 15 is 0 Å². The molecular formula is C18H16F3NO2. The van der Waals surface area contributed by atoms with Gasteiger partial charge in [-0.15, -0.1) is 0 Å². The molecule has 0 aliphatic rings. The average Bonchev–Trinajstić information content (AvgIpc) is 2.54. The van der Waals surface area contributed by atoms with Crippen LogP contribution < -0.4 is 10.1 Å². The number of hydrogen-bond acceptors (Lipinski definition) is 2. The number of carbonyl (C=O) groups excluding carboxylic acids is 1. The van der Waals surface area contributed by atoms with Gasteiger partial charge in [0.25, 0.3) is 0 Å². The SMILES string of the molecule is COc1ccc(C(C)NC(=O)/C=C/c2c(F)cccc2F)cc1F. The van der Waals surface area contributed by atoms with Crippen LogP contribution in [0.4, 0.5) is 13.2 Å². The molecule has 0 radical (unpaired) electrons. The Morgan fingerprint density at radius 2 is 1.79 bits per heavy atom. The molecule has 2 aromatic rings. The Morgan fingerprint density at radius 1 is 1.12 bits per heavy atom. The summed E-state index contributed by atoms with van der Waals surface area (Å²) in [6, 6.07) is 7.28. The number of methoxy groups -OCH3 is 1. The van der Waals surface area contributed by atoms with Gasteiger partial charge in [-0.1, -0.05) is 12.1 Å². The summed E-state index contributed by atoms with van der Waals surface area (Å²) in [5.74, 6) is -2.51. The van der Waals surface area contributed by atoms with Gasteiger partial charge in [0.05, 0.1) is 13.2 Å². The summed E-state index contributed by atoms with van der Waals surface area (Å²) in [5, 5.41) is 2.59. The van der Waals surface area contributed by atoms with E-state index in [1.807, 2.05) is 0 Å². The number of rotatable bonds is 5. The summed E-state index contributed by atoms with van der Waals surface area (Å²) in [6.45, 7) is 1.66. The second-order valence-electron chi connectivity index (χ2n) is 5.09. The molecule has 3 nitrogen and oxygen atoms in total. The van der Waals surface area contributed by atoms with Gasteiger partial charge in [0.1, 0.15) is 11.6 Å². The van der Waals surface area contributed by atoms with Crippen molar-refractivity contribution in [2.24, 2.45) is 0 Å². The summed E-state index contributed by atoms with van der Waals surface area (Å²) < 4.78 is 45.4. The zero-order valence-corrected chi connectivity index (χ0v) is 13.1. The molecule has 6 heteroatoms. The van der Waals surface area contributed by atoms with Crippen LogP contribution >= 0.6 is 0 Å². The number of halogens is 3. The van der Waals surface area contributed by atoms with E-state index in [1.54, 1.807) is 13.0 Å². The van der Waals surface area contributed by atoms with E-state index in [4.69, 9.17) is 4.74 Å². The van der Waals surface area contributed by atoms with Crippen LogP contribution in [0.3, 0.4) is 0 Å². The van der Waals surface area contributed by atoms with Crippen molar-refractivity contribution in [2.45, 2.75) is 13.0 Å². The number of hydrogen-bond donors (Lipinski definition) is 1. The largest absolute Gasteiger partial charge is 0.494 e. The third-order valence-electron chi connectivity index (χ3n) is 3.44. The molecule has 1 N–H and O–H groups in total. The topological polar surface area (TPSA) is 38.3 Å². The summed E-state index contributed by atoms with van der Waals surface area (Å²) in [7, 11) is 1.36. The fourth-order valence-corrected chi connectivity index (χ4v) is 2.13. The van der Waals surface area contributed by atoms with E-state index in [9.17, 15) is 18.0 Å². The highest BCUT2D eigenvalue weighted by atomic mass is 19.1. The predicted octanol–water partition coefficient (Wildman–Crippen LogP) is 4.00. The van der Waals surface area contributed by atoms with E-state index in [1.165, 1.54) is 25.3 Å². The van der Waals surface area contributed by atoms with Crippen molar-refractivity contribution in [1.82, 2.24) is 5.32 Å². The summed E-state index contributed by atoms with van der Waals surface area (Å²) in [5.41, 5.74) is 0.239. The molecule has 2 rings (SSSR count). The van der Waals surface area contributed by atoms with Gasteiger partial charge in [-0.05, 0) is 42.8 Å². The number of benzene rings is 2. The van der Waals surface area contributed by atoms with Crippen LogP contribution in [-0.2, 0) is 4.79 Å². The first-order valence-electron chi connectivity index (χ1n) is 7.18. The molecule has 0 bridgehead atoms. The van der Waals surface area contributed by atoms with Gasteiger partial charge in [0.2, 0.25) is 5.91 Å². The van der Waals surface area contributed by atoms with Crippen LogP contribution in [0.15, 0.2) is 42.5 Å². The van der Waals surface area contributed by atoms with Gasteiger partial charge in [0, 0.05) is 11.6 Å². The van der Waals surface area contributed by atoms with Crippen molar-refractivity contribution in [3.8, 4) is 5.75 Å². The summed E-state index contributed by atoms with van der Waals surface area (Å²) >= 11 is 0. The molecule has 1 amide bonds. The Kier molecular flexibility index (Phi) is 5.63. The molecule has 1 atom stereocenters. The Hall–Kier alpha value is -2.76. The smallest absolute Gasteiger partial charge is 0.244 e.